The van der Waals surface area contributed by atoms with E-state index < -0.39 is 17.5 Å². The molecule has 1 fully saturated rings. The summed E-state index contributed by atoms with van der Waals surface area (Å²) in [5, 5.41) is 19.3. The van der Waals surface area contributed by atoms with Crippen molar-refractivity contribution in [1.29, 1.82) is 0 Å². The van der Waals surface area contributed by atoms with Gasteiger partial charge >= 0.3 is 5.97 Å². The van der Waals surface area contributed by atoms with Crippen LogP contribution in [0.4, 0.5) is 0 Å². The molecule has 1 unspecified atom stereocenters. The fraction of sp³-hybridized carbons (Fsp3) is 0.917. The van der Waals surface area contributed by atoms with Gasteiger partial charge in [0.1, 0.15) is 0 Å². The van der Waals surface area contributed by atoms with Crippen molar-refractivity contribution in [2.45, 2.75) is 64.4 Å². The number of carboxylic acids is 1. The monoisotopic (exact) mass is 214 g/mol. The molecular weight excluding hydrogens is 192 g/mol. The van der Waals surface area contributed by atoms with Gasteiger partial charge in [0, 0.05) is 0 Å². The molecule has 0 aromatic carbocycles. The second-order valence-corrected chi connectivity index (χ2v) is 4.68. The van der Waals surface area contributed by atoms with Gasteiger partial charge < -0.3 is 10.2 Å². The third-order valence-corrected chi connectivity index (χ3v) is 3.64. The molecule has 3 nitrogen and oxygen atoms in total. The summed E-state index contributed by atoms with van der Waals surface area (Å²) in [6, 6.07) is 0. The first-order chi connectivity index (χ1) is 7.13. The Morgan fingerprint density at radius 2 is 1.93 bits per heavy atom. The molecule has 1 atom stereocenters. The summed E-state index contributed by atoms with van der Waals surface area (Å²) in [5.74, 6) is -0.800. The molecule has 0 aliphatic heterocycles. The second-order valence-electron chi connectivity index (χ2n) is 4.68. The molecule has 3 heteroatoms. The van der Waals surface area contributed by atoms with Crippen molar-refractivity contribution in [3.8, 4) is 0 Å². The average molecular weight is 214 g/mol. The van der Waals surface area contributed by atoms with Gasteiger partial charge in [-0.1, -0.05) is 39.0 Å². The van der Waals surface area contributed by atoms with Crippen LogP contribution in [0.1, 0.15) is 58.3 Å². The van der Waals surface area contributed by atoms with Gasteiger partial charge in [-0.15, -0.1) is 0 Å². The molecule has 15 heavy (non-hydrogen) atoms. The zero-order valence-electron chi connectivity index (χ0n) is 9.54. The van der Waals surface area contributed by atoms with Gasteiger partial charge in [-0.05, 0) is 19.3 Å². The van der Waals surface area contributed by atoms with Crippen LogP contribution in [0, 0.1) is 5.41 Å². The van der Waals surface area contributed by atoms with E-state index >= 15 is 0 Å². The Morgan fingerprint density at radius 1 is 1.33 bits per heavy atom. The van der Waals surface area contributed by atoms with E-state index in [1.807, 2.05) is 0 Å². The van der Waals surface area contributed by atoms with Gasteiger partial charge in [0.15, 0.2) is 0 Å². The summed E-state index contributed by atoms with van der Waals surface area (Å²) in [6.45, 7) is 2.06. The van der Waals surface area contributed by atoms with Gasteiger partial charge in [0.25, 0.3) is 0 Å². The maximum atomic E-state index is 11.3. The predicted molar refractivity (Wildman–Crippen MR) is 58.7 cm³/mol. The summed E-state index contributed by atoms with van der Waals surface area (Å²) in [7, 11) is 0. The molecule has 0 heterocycles. The minimum absolute atomic E-state index is 0.628. The van der Waals surface area contributed by atoms with Crippen molar-refractivity contribution in [3.63, 3.8) is 0 Å². The Kier molecular flexibility index (Phi) is 4.58. The van der Waals surface area contributed by atoms with Crippen LogP contribution in [-0.2, 0) is 4.79 Å². The topological polar surface area (TPSA) is 57.5 Å². The molecule has 1 aliphatic carbocycles. The maximum absolute atomic E-state index is 11.3. The molecule has 0 saturated heterocycles. The van der Waals surface area contributed by atoms with E-state index in [0.717, 1.165) is 32.1 Å². The quantitative estimate of drug-likeness (QED) is 0.739. The molecular formula is C12H22O3. The first kappa shape index (κ1) is 12.5. The van der Waals surface area contributed by atoms with E-state index in [2.05, 4.69) is 6.92 Å². The van der Waals surface area contributed by atoms with E-state index in [1.165, 1.54) is 0 Å². The van der Waals surface area contributed by atoms with Crippen LogP contribution < -0.4 is 0 Å². The lowest BCUT2D eigenvalue weighted by atomic mass is 9.69. The van der Waals surface area contributed by atoms with Crippen LogP contribution >= 0.6 is 0 Å². The van der Waals surface area contributed by atoms with Crippen molar-refractivity contribution >= 4 is 5.97 Å². The SMILES string of the molecule is CCCCC(O)C1(C(=O)O)CCCCC1. The molecule has 1 rings (SSSR count). The fourth-order valence-corrected chi connectivity index (χ4v) is 2.55. The molecule has 1 aliphatic rings. The van der Waals surface area contributed by atoms with E-state index in [1.54, 1.807) is 0 Å². The van der Waals surface area contributed by atoms with Crippen LogP contribution in [0.25, 0.3) is 0 Å². The summed E-state index contributed by atoms with van der Waals surface area (Å²) in [5.41, 5.74) is -0.840. The summed E-state index contributed by atoms with van der Waals surface area (Å²) >= 11 is 0. The number of unbranched alkanes of at least 4 members (excludes halogenated alkanes) is 1. The largest absolute Gasteiger partial charge is 0.481 e. The Morgan fingerprint density at radius 3 is 2.40 bits per heavy atom. The summed E-state index contributed by atoms with van der Waals surface area (Å²) in [6.07, 6.45) is 6.17. The summed E-state index contributed by atoms with van der Waals surface area (Å²) < 4.78 is 0. The van der Waals surface area contributed by atoms with Crippen molar-refractivity contribution in [3.05, 3.63) is 0 Å². The fourth-order valence-electron chi connectivity index (χ4n) is 2.55. The number of carbonyl (C=O) groups is 1. The number of hydrogen-bond acceptors (Lipinski definition) is 2. The highest BCUT2D eigenvalue weighted by Gasteiger charge is 2.45. The van der Waals surface area contributed by atoms with E-state index in [4.69, 9.17) is 0 Å². The molecule has 0 aromatic rings. The normalized spacial score (nSPS) is 22.3. The average Bonchev–Trinajstić information content (AvgIpc) is 2.26. The predicted octanol–water partition coefficient (Wildman–Crippen LogP) is 2.57. The first-order valence-corrected chi connectivity index (χ1v) is 6.05. The zero-order valence-corrected chi connectivity index (χ0v) is 9.54. The smallest absolute Gasteiger partial charge is 0.312 e. The van der Waals surface area contributed by atoms with Gasteiger partial charge in [-0.25, -0.2) is 0 Å². The minimum Gasteiger partial charge on any atom is -0.481 e. The Bertz CT molecular complexity index is 207. The lowest BCUT2D eigenvalue weighted by molar-refractivity contribution is -0.160. The lowest BCUT2D eigenvalue weighted by Crippen LogP contribution is -2.44. The molecule has 1 saturated carbocycles. The number of carboxylic acid groups (broad SMARTS) is 1. The molecule has 2 N–H and O–H groups in total. The highest BCUT2D eigenvalue weighted by atomic mass is 16.4. The zero-order chi connectivity index (χ0) is 11.3. The van der Waals surface area contributed by atoms with Crippen molar-refractivity contribution in [1.82, 2.24) is 0 Å². The van der Waals surface area contributed by atoms with Gasteiger partial charge in [-0.2, -0.15) is 0 Å². The van der Waals surface area contributed by atoms with Gasteiger partial charge in [0.2, 0.25) is 0 Å². The number of aliphatic hydroxyl groups is 1. The van der Waals surface area contributed by atoms with Gasteiger partial charge in [-0.3, -0.25) is 4.79 Å². The molecule has 0 bridgehead atoms. The van der Waals surface area contributed by atoms with Crippen molar-refractivity contribution in [2.24, 2.45) is 5.41 Å². The highest BCUT2D eigenvalue weighted by Crippen LogP contribution is 2.41. The number of aliphatic hydroxyl groups excluding tert-OH is 1. The maximum Gasteiger partial charge on any atom is 0.312 e. The van der Waals surface area contributed by atoms with E-state index in [0.29, 0.717) is 19.3 Å². The minimum atomic E-state index is -0.840. The number of aliphatic carboxylic acids is 1. The van der Waals surface area contributed by atoms with Crippen LogP contribution in [0.3, 0.4) is 0 Å². The van der Waals surface area contributed by atoms with Crippen LogP contribution in [0.5, 0.6) is 0 Å². The van der Waals surface area contributed by atoms with Crippen LogP contribution in [-0.4, -0.2) is 22.3 Å². The molecule has 0 radical (unpaired) electrons. The third-order valence-electron chi connectivity index (χ3n) is 3.64. The number of rotatable bonds is 5. The molecule has 0 amide bonds. The lowest BCUT2D eigenvalue weighted by Gasteiger charge is -2.37. The molecule has 0 spiro atoms. The highest BCUT2D eigenvalue weighted by molar-refractivity contribution is 5.75. The van der Waals surface area contributed by atoms with Crippen LogP contribution in [0.2, 0.25) is 0 Å². The Hall–Kier alpha value is -0.570. The van der Waals surface area contributed by atoms with Crippen LogP contribution in [0.15, 0.2) is 0 Å². The third kappa shape index (κ3) is 2.71. The Balaban J connectivity index is 2.66. The van der Waals surface area contributed by atoms with E-state index in [-0.39, 0.29) is 0 Å². The first-order valence-electron chi connectivity index (χ1n) is 6.05. The Labute approximate surface area is 91.5 Å². The second kappa shape index (κ2) is 5.50. The molecule has 88 valence electrons. The van der Waals surface area contributed by atoms with E-state index in [9.17, 15) is 15.0 Å². The molecule has 0 aromatic heterocycles. The summed E-state index contributed by atoms with van der Waals surface area (Å²) in [4.78, 5) is 11.3. The van der Waals surface area contributed by atoms with Crippen molar-refractivity contribution < 1.29 is 15.0 Å². The van der Waals surface area contributed by atoms with Gasteiger partial charge in [0.05, 0.1) is 11.5 Å². The number of hydrogen-bond donors (Lipinski definition) is 2. The van der Waals surface area contributed by atoms with Crippen molar-refractivity contribution in [2.75, 3.05) is 0 Å². The standard InChI is InChI=1S/C12H22O3/c1-2-3-7-10(13)12(11(14)15)8-5-4-6-9-12/h10,13H,2-9H2,1H3,(H,14,15).